The van der Waals surface area contributed by atoms with Gasteiger partial charge in [-0.25, -0.2) is 0 Å². The monoisotopic (exact) mass is 209 g/mol. The summed E-state index contributed by atoms with van der Waals surface area (Å²) in [7, 11) is 4.11. The first-order valence-corrected chi connectivity index (χ1v) is 5.15. The van der Waals surface area contributed by atoms with Crippen LogP contribution in [-0.4, -0.2) is 37.1 Å². The minimum atomic E-state index is 0.473. The first-order chi connectivity index (χ1) is 7.22. The van der Waals surface area contributed by atoms with Crippen LogP contribution in [0, 0.1) is 0 Å². The highest BCUT2D eigenvalue weighted by Crippen LogP contribution is 2.08. The fourth-order valence-corrected chi connectivity index (χ4v) is 1.19. The van der Waals surface area contributed by atoms with Gasteiger partial charge < -0.3 is 15.4 Å². The van der Waals surface area contributed by atoms with Crippen molar-refractivity contribution in [2.24, 2.45) is 5.73 Å². The van der Waals surface area contributed by atoms with Crippen molar-refractivity contribution in [3.63, 3.8) is 0 Å². The zero-order valence-corrected chi connectivity index (χ0v) is 9.44. The molecule has 0 bridgehead atoms. The van der Waals surface area contributed by atoms with Crippen LogP contribution >= 0.6 is 0 Å². The van der Waals surface area contributed by atoms with E-state index in [-0.39, 0.29) is 0 Å². The maximum absolute atomic E-state index is 5.53. The normalized spacial score (nSPS) is 10.7. The molecular formula is C11H19N3O. The van der Waals surface area contributed by atoms with Crippen LogP contribution in [0.3, 0.4) is 0 Å². The number of nitrogens with two attached hydrogens (primary N) is 1. The summed E-state index contributed by atoms with van der Waals surface area (Å²) in [6, 6.07) is 3.80. The second-order valence-corrected chi connectivity index (χ2v) is 3.69. The molecule has 1 aromatic rings. The zero-order valence-electron chi connectivity index (χ0n) is 9.44. The number of nitrogens with zero attached hydrogens (tertiary/aromatic N) is 2. The quantitative estimate of drug-likeness (QED) is 0.706. The van der Waals surface area contributed by atoms with Crippen molar-refractivity contribution in [3.8, 4) is 5.75 Å². The summed E-state index contributed by atoms with van der Waals surface area (Å²) >= 11 is 0. The topological polar surface area (TPSA) is 51.4 Å². The maximum atomic E-state index is 5.53. The highest BCUT2D eigenvalue weighted by molar-refractivity contribution is 5.19. The predicted molar refractivity (Wildman–Crippen MR) is 60.8 cm³/mol. The molecule has 0 unspecified atom stereocenters. The molecule has 2 N–H and O–H groups in total. The SMILES string of the molecule is CN(C)CCCOc1ccc(CN)nc1. The van der Waals surface area contributed by atoms with Gasteiger partial charge in [0.15, 0.2) is 0 Å². The van der Waals surface area contributed by atoms with Gasteiger partial charge in [-0.05, 0) is 32.6 Å². The van der Waals surface area contributed by atoms with Crippen LogP contribution in [0.15, 0.2) is 18.3 Å². The lowest BCUT2D eigenvalue weighted by Gasteiger charge is -2.10. The van der Waals surface area contributed by atoms with E-state index in [2.05, 4.69) is 24.0 Å². The molecule has 4 heteroatoms. The van der Waals surface area contributed by atoms with E-state index in [1.807, 2.05) is 12.1 Å². The zero-order chi connectivity index (χ0) is 11.1. The first kappa shape index (κ1) is 11.9. The molecule has 0 fully saturated rings. The highest BCUT2D eigenvalue weighted by Gasteiger charge is 1.96. The van der Waals surface area contributed by atoms with Gasteiger partial charge in [0, 0.05) is 13.1 Å². The van der Waals surface area contributed by atoms with Crippen LogP contribution in [0.25, 0.3) is 0 Å². The van der Waals surface area contributed by atoms with E-state index < -0.39 is 0 Å². The van der Waals surface area contributed by atoms with Crippen LogP contribution in [-0.2, 0) is 6.54 Å². The molecule has 15 heavy (non-hydrogen) atoms. The van der Waals surface area contributed by atoms with Gasteiger partial charge >= 0.3 is 0 Å². The minimum absolute atomic E-state index is 0.473. The third-order valence-electron chi connectivity index (χ3n) is 2.03. The van der Waals surface area contributed by atoms with Gasteiger partial charge in [-0.2, -0.15) is 0 Å². The largest absolute Gasteiger partial charge is 0.492 e. The molecule has 0 atom stereocenters. The summed E-state index contributed by atoms with van der Waals surface area (Å²) in [5.41, 5.74) is 6.33. The predicted octanol–water partition coefficient (Wildman–Crippen LogP) is 0.871. The number of rotatable bonds is 6. The lowest BCUT2D eigenvalue weighted by molar-refractivity contribution is 0.280. The molecule has 1 aromatic heterocycles. The van der Waals surface area contributed by atoms with Gasteiger partial charge in [0.2, 0.25) is 0 Å². The summed E-state index contributed by atoms with van der Waals surface area (Å²) < 4.78 is 5.53. The Morgan fingerprint density at radius 3 is 2.73 bits per heavy atom. The van der Waals surface area contributed by atoms with E-state index in [1.54, 1.807) is 6.20 Å². The Hall–Kier alpha value is -1.13. The molecule has 4 nitrogen and oxygen atoms in total. The number of hydrogen-bond acceptors (Lipinski definition) is 4. The third-order valence-corrected chi connectivity index (χ3v) is 2.03. The van der Waals surface area contributed by atoms with Gasteiger partial charge in [0.05, 0.1) is 18.5 Å². The number of pyridine rings is 1. The van der Waals surface area contributed by atoms with E-state index >= 15 is 0 Å². The van der Waals surface area contributed by atoms with E-state index in [1.165, 1.54) is 0 Å². The number of ether oxygens (including phenoxy) is 1. The third kappa shape index (κ3) is 4.76. The van der Waals surface area contributed by atoms with Crippen molar-refractivity contribution in [1.82, 2.24) is 9.88 Å². The second kappa shape index (κ2) is 6.37. The minimum Gasteiger partial charge on any atom is -0.492 e. The standard InChI is InChI=1S/C11H19N3O/c1-14(2)6-3-7-15-11-5-4-10(8-12)13-9-11/h4-5,9H,3,6-8,12H2,1-2H3. The fourth-order valence-electron chi connectivity index (χ4n) is 1.19. The number of hydrogen-bond donors (Lipinski definition) is 1. The van der Waals surface area contributed by atoms with Gasteiger partial charge in [-0.15, -0.1) is 0 Å². The molecule has 0 saturated heterocycles. The Labute approximate surface area is 91.1 Å². The van der Waals surface area contributed by atoms with E-state index in [4.69, 9.17) is 10.5 Å². The average Bonchev–Trinajstić information content (AvgIpc) is 2.25. The lowest BCUT2D eigenvalue weighted by Crippen LogP contribution is -2.15. The van der Waals surface area contributed by atoms with Crippen molar-refractivity contribution >= 4 is 0 Å². The average molecular weight is 209 g/mol. The molecule has 0 radical (unpaired) electrons. The molecule has 1 rings (SSSR count). The van der Waals surface area contributed by atoms with E-state index in [9.17, 15) is 0 Å². The van der Waals surface area contributed by atoms with Crippen molar-refractivity contribution in [2.75, 3.05) is 27.2 Å². The van der Waals surface area contributed by atoms with E-state index in [0.29, 0.717) is 6.54 Å². The van der Waals surface area contributed by atoms with E-state index in [0.717, 1.165) is 31.0 Å². The summed E-state index contributed by atoms with van der Waals surface area (Å²) in [5.74, 6) is 0.811. The van der Waals surface area contributed by atoms with Crippen LogP contribution in [0.1, 0.15) is 12.1 Å². The van der Waals surface area contributed by atoms with Crippen LogP contribution in [0.4, 0.5) is 0 Å². The van der Waals surface area contributed by atoms with Crippen molar-refractivity contribution in [3.05, 3.63) is 24.0 Å². The lowest BCUT2D eigenvalue weighted by atomic mass is 10.3. The molecular weight excluding hydrogens is 190 g/mol. The molecule has 84 valence electrons. The molecule has 0 spiro atoms. The van der Waals surface area contributed by atoms with Crippen molar-refractivity contribution in [1.29, 1.82) is 0 Å². The van der Waals surface area contributed by atoms with Crippen molar-refractivity contribution in [2.45, 2.75) is 13.0 Å². The van der Waals surface area contributed by atoms with Gasteiger partial charge in [0.25, 0.3) is 0 Å². The maximum Gasteiger partial charge on any atom is 0.137 e. The second-order valence-electron chi connectivity index (χ2n) is 3.69. The Morgan fingerprint density at radius 2 is 2.20 bits per heavy atom. The summed E-state index contributed by atoms with van der Waals surface area (Å²) in [6.45, 7) is 2.23. The van der Waals surface area contributed by atoms with Gasteiger partial charge in [-0.1, -0.05) is 0 Å². The first-order valence-electron chi connectivity index (χ1n) is 5.15. The Morgan fingerprint density at radius 1 is 1.40 bits per heavy atom. The Bertz CT molecular complexity index is 272. The molecule has 0 aliphatic heterocycles. The molecule has 0 amide bonds. The van der Waals surface area contributed by atoms with Crippen LogP contribution in [0.2, 0.25) is 0 Å². The molecule has 0 aliphatic rings. The smallest absolute Gasteiger partial charge is 0.137 e. The number of aromatic nitrogens is 1. The summed E-state index contributed by atoms with van der Waals surface area (Å²) in [5, 5.41) is 0. The highest BCUT2D eigenvalue weighted by atomic mass is 16.5. The van der Waals surface area contributed by atoms with Gasteiger partial charge in [0.1, 0.15) is 5.75 Å². The van der Waals surface area contributed by atoms with Crippen molar-refractivity contribution < 1.29 is 4.74 Å². The molecule has 1 heterocycles. The Kier molecular flexibility index (Phi) is 5.07. The van der Waals surface area contributed by atoms with Crippen LogP contribution < -0.4 is 10.5 Å². The summed E-state index contributed by atoms with van der Waals surface area (Å²) in [6.07, 6.45) is 2.74. The van der Waals surface area contributed by atoms with Gasteiger partial charge in [-0.3, -0.25) is 4.98 Å². The molecule has 0 saturated carbocycles. The summed E-state index contributed by atoms with van der Waals surface area (Å²) in [4.78, 5) is 6.29. The fraction of sp³-hybridized carbons (Fsp3) is 0.545. The molecule has 0 aromatic carbocycles. The molecule has 0 aliphatic carbocycles. The Balaban J connectivity index is 2.25. The van der Waals surface area contributed by atoms with Crippen LogP contribution in [0.5, 0.6) is 5.75 Å².